The summed E-state index contributed by atoms with van der Waals surface area (Å²) in [6.45, 7) is 5.33. The van der Waals surface area contributed by atoms with E-state index in [-0.39, 0.29) is 0 Å². The standard InChI is InChI=1S/C12H19N3S/c1-9-7-14-12(15-8-9)16-6-5-13-10(2)11-3-4-11/h7-8,10-11,13H,3-6H2,1-2H3. The predicted molar refractivity (Wildman–Crippen MR) is 67.7 cm³/mol. The molecule has 2 rings (SSSR count). The van der Waals surface area contributed by atoms with Crippen LogP contribution in [0.2, 0.25) is 0 Å². The monoisotopic (exact) mass is 237 g/mol. The summed E-state index contributed by atoms with van der Waals surface area (Å²) in [7, 11) is 0. The summed E-state index contributed by atoms with van der Waals surface area (Å²) in [6.07, 6.45) is 6.55. The van der Waals surface area contributed by atoms with Crippen LogP contribution in [-0.4, -0.2) is 28.3 Å². The van der Waals surface area contributed by atoms with Crippen molar-refractivity contribution >= 4 is 11.8 Å². The first kappa shape index (κ1) is 11.9. The van der Waals surface area contributed by atoms with Gasteiger partial charge in [0.15, 0.2) is 5.16 Å². The Bertz CT molecular complexity index is 322. The third kappa shape index (κ3) is 3.76. The summed E-state index contributed by atoms with van der Waals surface area (Å²) >= 11 is 1.72. The Balaban J connectivity index is 1.62. The van der Waals surface area contributed by atoms with Crippen LogP contribution in [0.1, 0.15) is 25.3 Å². The Morgan fingerprint density at radius 2 is 2.12 bits per heavy atom. The number of nitrogens with zero attached hydrogens (tertiary/aromatic N) is 2. The lowest BCUT2D eigenvalue weighted by Gasteiger charge is -2.11. The first-order chi connectivity index (χ1) is 7.75. The quantitative estimate of drug-likeness (QED) is 0.468. The lowest BCUT2D eigenvalue weighted by Crippen LogP contribution is -2.29. The van der Waals surface area contributed by atoms with Gasteiger partial charge in [0.25, 0.3) is 0 Å². The number of hydrogen-bond donors (Lipinski definition) is 1. The van der Waals surface area contributed by atoms with Gasteiger partial charge in [-0.3, -0.25) is 0 Å². The molecule has 0 amide bonds. The number of aryl methyl sites for hydroxylation is 1. The van der Waals surface area contributed by atoms with Crippen molar-refractivity contribution in [1.82, 2.24) is 15.3 Å². The Kier molecular flexibility index (Phi) is 4.18. The second kappa shape index (κ2) is 5.64. The lowest BCUT2D eigenvalue weighted by atomic mass is 10.2. The molecule has 88 valence electrons. The van der Waals surface area contributed by atoms with Crippen LogP contribution in [0.5, 0.6) is 0 Å². The van der Waals surface area contributed by atoms with Gasteiger partial charge in [-0.15, -0.1) is 0 Å². The second-order valence-electron chi connectivity index (χ2n) is 4.47. The molecule has 1 heterocycles. The van der Waals surface area contributed by atoms with Crippen molar-refractivity contribution in [2.45, 2.75) is 37.9 Å². The zero-order valence-electron chi connectivity index (χ0n) is 9.94. The number of aromatic nitrogens is 2. The van der Waals surface area contributed by atoms with Gasteiger partial charge in [-0.1, -0.05) is 11.8 Å². The highest BCUT2D eigenvalue weighted by Crippen LogP contribution is 2.32. The summed E-state index contributed by atoms with van der Waals surface area (Å²) < 4.78 is 0. The van der Waals surface area contributed by atoms with Gasteiger partial charge in [0.05, 0.1) is 0 Å². The third-order valence-electron chi connectivity index (χ3n) is 2.89. The SMILES string of the molecule is Cc1cnc(SCCNC(C)C2CC2)nc1. The molecule has 0 aromatic carbocycles. The predicted octanol–water partition coefficient (Wildman–Crippen LogP) is 2.27. The molecular formula is C12H19N3S. The molecule has 1 unspecified atom stereocenters. The van der Waals surface area contributed by atoms with Crippen LogP contribution in [0.4, 0.5) is 0 Å². The molecule has 3 nitrogen and oxygen atoms in total. The van der Waals surface area contributed by atoms with E-state index in [1.54, 1.807) is 11.8 Å². The molecule has 0 saturated heterocycles. The molecule has 4 heteroatoms. The van der Waals surface area contributed by atoms with Gasteiger partial charge in [-0.25, -0.2) is 9.97 Å². The highest BCUT2D eigenvalue weighted by atomic mass is 32.2. The summed E-state index contributed by atoms with van der Waals surface area (Å²) in [6, 6.07) is 0.680. The highest BCUT2D eigenvalue weighted by molar-refractivity contribution is 7.99. The van der Waals surface area contributed by atoms with Crippen LogP contribution in [-0.2, 0) is 0 Å². The second-order valence-corrected chi connectivity index (χ2v) is 5.53. The van der Waals surface area contributed by atoms with Gasteiger partial charge in [-0.05, 0) is 38.2 Å². The van der Waals surface area contributed by atoms with E-state index in [9.17, 15) is 0 Å². The minimum Gasteiger partial charge on any atom is -0.313 e. The fraction of sp³-hybridized carbons (Fsp3) is 0.667. The van der Waals surface area contributed by atoms with E-state index < -0.39 is 0 Å². The number of hydrogen-bond acceptors (Lipinski definition) is 4. The normalized spacial score (nSPS) is 17.4. The fourth-order valence-corrected chi connectivity index (χ4v) is 2.30. The maximum Gasteiger partial charge on any atom is 0.187 e. The van der Waals surface area contributed by atoms with Crippen molar-refractivity contribution in [3.63, 3.8) is 0 Å². The maximum atomic E-state index is 4.27. The first-order valence-corrected chi connectivity index (χ1v) is 6.89. The van der Waals surface area contributed by atoms with Crippen LogP contribution in [0.3, 0.4) is 0 Å². The lowest BCUT2D eigenvalue weighted by molar-refractivity contribution is 0.514. The number of rotatable bonds is 6. The maximum absolute atomic E-state index is 4.27. The minimum atomic E-state index is 0.680. The Morgan fingerprint density at radius 1 is 1.44 bits per heavy atom. The topological polar surface area (TPSA) is 37.8 Å². The van der Waals surface area contributed by atoms with Gasteiger partial charge in [-0.2, -0.15) is 0 Å². The van der Waals surface area contributed by atoms with E-state index in [2.05, 4.69) is 22.2 Å². The molecule has 0 aliphatic heterocycles. The Morgan fingerprint density at radius 3 is 2.75 bits per heavy atom. The Hall–Kier alpha value is -0.610. The van der Waals surface area contributed by atoms with Gasteiger partial charge in [0.1, 0.15) is 0 Å². The smallest absolute Gasteiger partial charge is 0.187 e. The molecule has 1 aliphatic rings. The molecule has 0 bridgehead atoms. The zero-order chi connectivity index (χ0) is 11.4. The number of nitrogens with one attached hydrogen (secondary N) is 1. The first-order valence-electron chi connectivity index (χ1n) is 5.90. The minimum absolute atomic E-state index is 0.680. The molecular weight excluding hydrogens is 218 g/mol. The average Bonchev–Trinajstić information content (AvgIpc) is 3.10. The molecule has 1 saturated carbocycles. The summed E-state index contributed by atoms with van der Waals surface area (Å²) in [5.41, 5.74) is 1.12. The Labute approximate surface area is 101 Å². The molecule has 16 heavy (non-hydrogen) atoms. The molecule has 1 N–H and O–H groups in total. The molecule has 0 spiro atoms. The van der Waals surface area contributed by atoms with Crippen LogP contribution < -0.4 is 5.32 Å². The van der Waals surface area contributed by atoms with Crippen molar-refractivity contribution in [3.05, 3.63) is 18.0 Å². The molecule has 1 aliphatic carbocycles. The van der Waals surface area contributed by atoms with Crippen molar-refractivity contribution in [1.29, 1.82) is 0 Å². The summed E-state index contributed by atoms with van der Waals surface area (Å²) in [5, 5.41) is 4.43. The number of thioether (sulfide) groups is 1. The van der Waals surface area contributed by atoms with Crippen LogP contribution in [0, 0.1) is 12.8 Å². The van der Waals surface area contributed by atoms with E-state index >= 15 is 0 Å². The van der Waals surface area contributed by atoms with Crippen LogP contribution >= 0.6 is 11.8 Å². The van der Waals surface area contributed by atoms with Gasteiger partial charge in [0.2, 0.25) is 0 Å². The van der Waals surface area contributed by atoms with E-state index in [4.69, 9.17) is 0 Å². The fourth-order valence-electron chi connectivity index (χ4n) is 1.65. The summed E-state index contributed by atoms with van der Waals surface area (Å²) in [5.74, 6) is 1.97. The van der Waals surface area contributed by atoms with Crippen molar-refractivity contribution in [2.75, 3.05) is 12.3 Å². The van der Waals surface area contributed by atoms with E-state index in [0.717, 1.165) is 28.9 Å². The van der Waals surface area contributed by atoms with Crippen molar-refractivity contribution in [2.24, 2.45) is 5.92 Å². The largest absolute Gasteiger partial charge is 0.313 e. The average molecular weight is 237 g/mol. The van der Waals surface area contributed by atoms with Gasteiger partial charge < -0.3 is 5.32 Å². The molecule has 1 aromatic rings. The van der Waals surface area contributed by atoms with Crippen molar-refractivity contribution < 1.29 is 0 Å². The van der Waals surface area contributed by atoms with E-state index in [0.29, 0.717) is 6.04 Å². The highest BCUT2D eigenvalue weighted by Gasteiger charge is 2.27. The van der Waals surface area contributed by atoms with Crippen LogP contribution in [0.15, 0.2) is 17.6 Å². The van der Waals surface area contributed by atoms with Crippen LogP contribution in [0.25, 0.3) is 0 Å². The third-order valence-corrected chi connectivity index (χ3v) is 3.76. The molecule has 1 atom stereocenters. The summed E-state index contributed by atoms with van der Waals surface area (Å²) in [4.78, 5) is 8.53. The zero-order valence-corrected chi connectivity index (χ0v) is 10.8. The molecule has 0 radical (unpaired) electrons. The van der Waals surface area contributed by atoms with E-state index in [1.807, 2.05) is 19.3 Å². The van der Waals surface area contributed by atoms with Gasteiger partial charge >= 0.3 is 0 Å². The molecule has 1 fully saturated rings. The van der Waals surface area contributed by atoms with Gasteiger partial charge in [0, 0.05) is 30.7 Å². The van der Waals surface area contributed by atoms with E-state index in [1.165, 1.54) is 12.8 Å². The van der Waals surface area contributed by atoms with Crippen molar-refractivity contribution in [3.8, 4) is 0 Å². The molecule has 1 aromatic heterocycles.